The van der Waals surface area contributed by atoms with Gasteiger partial charge in [0.25, 0.3) is 5.91 Å². The van der Waals surface area contributed by atoms with Crippen LogP contribution in [0.1, 0.15) is 24.5 Å². The summed E-state index contributed by atoms with van der Waals surface area (Å²) in [6.07, 6.45) is 3.78. The van der Waals surface area contributed by atoms with E-state index in [-0.39, 0.29) is 18.3 Å². The number of hydrogen-bond acceptors (Lipinski definition) is 5. The number of piperidine rings is 1. The monoisotopic (exact) mass is 514 g/mol. The average molecular weight is 515 g/mol. The Morgan fingerprint density at radius 3 is 2.31 bits per heavy atom. The molecule has 9 heteroatoms. The predicted octanol–water partition coefficient (Wildman–Crippen LogP) is 5.48. The Balaban J connectivity index is 0.00000342. The van der Waals surface area contributed by atoms with Gasteiger partial charge in [0.2, 0.25) is 6.10 Å². The van der Waals surface area contributed by atoms with Crippen LogP contribution in [0.15, 0.2) is 79.1 Å². The molecule has 184 valence electrons. The molecule has 0 spiro atoms. The van der Waals surface area contributed by atoms with Gasteiger partial charge in [-0.1, -0.05) is 41.9 Å². The second kappa shape index (κ2) is 13.0. The van der Waals surface area contributed by atoms with Crippen molar-refractivity contribution in [2.45, 2.75) is 18.9 Å². The van der Waals surface area contributed by atoms with E-state index in [1.165, 1.54) is 5.69 Å². The Kier molecular flexibility index (Phi) is 9.76. The molecule has 3 aromatic rings. The fourth-order valence-electron chi connectivity index (χ4n) is 3.98. The van der Waals surface area contributed by atoms with Crippen molar-refractivity contribution in [3.63, 3.8) is 0 Å². The third kappa shape index (κ3) is 7.60. The highest BCUT2D eigenvalue weighted by Gasteiger charge is 2.27. The number of halogens is 2. The van der Waals surface area contributed by atoms with Crippen molar-refractivity contribution < 1.29 is 14.3 Å². The first-order chi connectivity index (χ1) is 16.6. The van der Waals surface area contributed by atoms with E-state index in [1.54, 1.807) is 48.8 Å². The van der Waals surface area contributed by atoms with Crippen molar-refractivity contribution in [3.8, 4) is 0 Å². The SMILES string of the molecule is Cl.O=C(Nc1ccc(Cl)cc1)O[C@H](C(=O)NCC1CCN(c2ccncc2)CC1)c1ccccc1. The first-order valence-corrected chi connectivity index (χ1v) is 11.7. The Morgan fingerprint density at radius 2 is 1.66 bits per heavy atom. The second-order valence-corrected chi connectivity index (χ2v) is 8.65. The number of benzene rings is 2. The largest absolute Gasteiger partial charge is 0.431 e. The molecule has 2 aromatic carbocycles. The summed E-state index contributed by atoms with van der Waals surface area (Å²) < 4.78 is 5.54. The molecule has 0 bridgehead atoms. The highest BCUT2D eigenvalue weighted by atomic mass is 35.5. The Labute approximate surface area is 216 Å². The summed E-state index contributed by atoms with van der Waals surface area (Å²) >= 11 is 5.89. The normalized spacial score (nSPS) is 14.4. The second-order valence-electron chi connectivity index (χ2n) is 8.21. The minimum atomic E-state index is -1.05. The summed E-state index contributed by atoms with van der Waals surface area (Å²) in [5.41, 5.74) is 2.31. The van der Waals surface area contributed by atoms with Gasteiger partial charge in [-0.15, -0.1) is 12.4 Å². The predicted molar refractivity (Wildman–Crippen MR) is 140 cm³/mol. The average Bonchev–Trinajstić information content (AvgIpc) is 2.88. The van der Waals surface area contributed by atoms with E-state index in [0.717, 1.165) is 25.9 Å². The summed E-state index contributed by atoms with van der Waals surface area (Å²) in [7, 11) is 0. The highest BCUT2D eigenvalue weighted by molar-refractivity contribution is 6.30. The van der Waals surface area contributed by atoms with Crippen molar-refractivity contribution in [3.05, 3.63) is 89.7 Å². The van der Waals surface area contributed by atoms with Gasteiger partial charge in [0, 0.05) is 54.0 Å². The smallest absolute Gasteiger partial charge is 0.412 e. The van der Waals surface area contributed by atoms with Gasteiger partial charge < -0.3 is 15.0 Å². The van der Waals surface area contributed by atoms with Crippen LogP contribution < -0.4 is 15.5 Å². The molecule has 4 rings (SSSR count). The van der Waals surface area contributed by atoms with E-state index in [1.807, 2.05) is 30.3 Å². The number of nitrogens with one attached hydrogen (secondary N) is 2. The molecular weight excluding hydrogens is 487 g/mol. The fourth-order valence-corrected chi connectivity index (χ4v) is 4.10. The third-order valence-electron chi connectivity index (χ3n) is 5.86. The maximum Gasteiger partial charge on any atom is 0.412 e. The number of rotatable bonds is 7. The molecule has 1 fully saturated rings. The zero-order valence-electron chi connectivity index (χ0n) is 19.1. The summed E-state index contributed by atoms with van der Waals surface area (Å²) in [4.78, 5) is 32.0. The van der Waals surface area contributed by atoms with Crippen molar-refractivity contribution in [1.29, 1.82) is 0 Å². The minimum Gasteiger partial charge on any atom is -0.431 e. The lowest BCUT2D eigenvalue weighted by atomic mass is 9.96. The molecule has 0 saturated carbocycles. The lowest BCUT2D eigenvalue weighted by Gasteiger charge is -2.33. The number of aromatic nitrogens is 1. The van der Waals surface area contributed by atoms with E-state index < -0.39 is 12.2 Å². The van der Waals surface area contributed by atoms with Crippen molar-refractivity contribution in [1.82, 2.24) is 10.3 Å². The first-order valence-electron chi connectivity index (χ1n) is 11.3. The van der Waals surface area contributed by atoms with E-state index in [4.69, 9.17) is 16.3 Å². The molecule has 0 radical (unpaired) electrons. The lowest BCUT2D eigenvalue weighted by Crippen LogP contribution is -2.40. The maximum absolute atomic E-state index is 13.1. The van der Waals surface area contributed by atoms with Gasteiger partial charge in [0.15, 0.2) is 0 Å². The number of nitrogens with zero attached hydrogens (tertiary/aromatic N) is 2. The molecular formula is C26H28Cl2N4O3. The highest BCUT2D eigenvalue weighted by Crippen LogP contribution is 2.23. The maximum atomic E-state index is 13.1. The van der Waals surface area contributed by atoms with Crippen LogP contribution in [-0.4, -0.2) is 36.6 Å². The van der Waals surface area contributed by atoms with E-state index in [0.29, 0.717) is 28.7 Å². The van der Waals surface area contributed by atoms with Gasteiger partial charge in [0.05, 0.1) is 0 Å². The molecule has 2 heterocycles. The minimum absolute atomic E-state index is 0. The molecule has 1 saturated heterocycles. The van der Waals surface area contributed by atoms with Crippen molar-refractivity contribution in [2.24, 2.45) is 5.92 Å². The van der Waals surface area contributed by atoms with Crippen LogP contribution in [0, 0.1) is 5.92 Å². The molecule has 2 N–H and O–H groups in total. The van der Waals surface area contributed by atoms with Crippen LogP contribution in [-0.2, 0) is 9.53 Å². The molecule has 2 amide bonds. The summed E-state index contributed by atoms with van der Waals surface area (Å²) in [6, 6.07) is 19.7. The number of anilines is 2. The molecule has 1 aromatic heterocycles. The van der Waals surface area contributed by atoms with Gasteiger partial charge in [0.1, 0.15) is 0 Å². The number of hydrogen-bond donors (Lipinski definition) is 2. The summed E-state index contributed by atoms with van der Waals surface area (Å²) in [6.45, 7) is 2.38. The van der Waals surface area contributed by atoms with Crippen LogP contribution >= 0.6 is 24.0 Å². The van der Waals surface area contributed by atoms with Gasteiger partial charge >= 0.3 is 6.09 Å². The molecule has 7 nitrogen and oxygen atoms in total. The van der Waals surface area contributed by atoms with Crippen LogP contribution in [0.4, 0.5) is 16.2 Å². The standard InChI is InChI=1S/C26H27ClN4O3.ClH/c27-21-6-8-22(9-7-21)30-26(33)34-24(20-4-2-1-3-5-20)25(32)29-18-19-12-16-31(17-13-19)23-10-14-28-15-11-23;/h1-11,14-15,19,24H,12-13,16-18H2,(H,29,32)(H,30,33);1H/t24-;/m0./s1. The lowest BCUT2D eigenvalue weighted by molar-refractivity contribution is -0.129. The quantitative estimate of drug-likeness (QED) is 0.436. The van der Waals surface area contributed by atoms with Gasteiger partial charge in [-0.3, -0.25) is 15.1 Å². The van der Waals surface area contributed by atoms with Gasteiger partial charge in [-0.05, 0) is 55.2 Å². The molecule has 1 aliphatic heterocycles. The van der Waals surface area contributed by atoms with Gasteiger partial charge in [-0.2, -0.15) is 0 Å². The molecule has 1 aliphatic rings. The fraction of sp³-hybridized carbons (Fsp3) is 0.269. The Bertz CT molecular complexity index is 1080. The topological polar surface area (TPSA) is 83.6 Å². The Morgan fingerprint density at radius 1 is 1.00 bits per heavy atom. The molecule has 0 aliphatic carbocycles. The van der Waals surface area contributed by atoms with Crippen LogP contribution in [0.2, 0.25) is 5.02 Å². The third-order valence-corrected chi connectivity index (χ3v) is 6.12. The molecule has 35 heavy (non-hydrogen) atoms. The number of pyridine rings is 1. The number of carbonyl (C=O) groups excluding carboxylic acids is 2. The van der Waals surface area contributed by atoms with Crippen molar-refractivity contribution >= 4 is 47.4 Å². The van der Waals surface area contributed by atoms with Crippen molar-refractivity contribution in [2.75, 3.05) is 29.9 Å². The Hall–Kier alpha value is -3.29. The summed E-state index contributed by atoms with van der Waals surface area (Å²) in [5, 5.41) is 6.19. The first kappa shape index (κ1) is 26.3. The van der Waals surface area contributed by atoms with E-state index >= 15 is 0 Å². The van der Waals surface area contributed by atoms with E-state index in [9.17, 15) is 9.59 Å². The van der Waals surface area contributed by atoms with Crippen LogP contribution in [0.3, 0.4) is 0 Å². The zero-order valence-corrected chi connectivity index (χ0v) is 20.7. The molecule has 0 unspecified atom stereocenters. The summed E-state index contributed by atoms with van der Waals surface area (Å²) in [5.74, 6) is 0.0235. The number of carbonyl (C=O) groups is 2. The number of ether oxygens (including phenoxy) is 1. The van der Waals surface area contributed by atoms with Crippen LogP contribution in [0.5, 0.6) is 0 Å². The van der Waals surface area contributed by atoms with Gasteiger partial charge in [-0.25, -0.2) is 4.79 Å². The number of amides is 2. The van der Waals surface area contributed by atoms with E-state index in [2.05, 4.69) is 20.5 Å². The zero-order chi connectivity index (χ0) is 23.8. The molecule has 1 atom stereocenters. The van der Waals surface area contributed by atoms with Crippen LogP contribution in [0.25, 0.3) is 0 Å².